The van der Waals surface area contributed by atoms with Gasteiger partial charge >= 0.3 is 5.97 Å². The van der Waals surface area contributed by atoms with E-state index in [0.29, 0.717) is 18.7 Å². The van der Waals surface area contributed by atoms with Crippen molar-refractivity contribution in [2.45, 2.75) is 64.8 Å². The van der Waals surface area contributed by atoms with Crippen molar-refractivity contribution >= 4 is 5.97 Å². The Kier molecular flexibility index (Phi) is 7.56. The summed E-state index contributed by atoms with van der Waals surface area (Å²) in [5, 5.41) is 0. The Labute approximate surface area is 134 Å². The highest BCUT2D eigenvalue weighted by atomic mass is 16.5. The highest BCUT2D eigenvalue weighted by Gasteiger charge is 2.21. The fraction of sp³-hybridized carbons (Fsp3) is 0.611. The van der Waals surface area contributed by atoms with Crippen LogP contribution in [0.5, 0.6) is 5.75 Å². The number of benzene rings is 1. The molecule has 4 nitrogen and oxygen atoms in total. The molecule has 0 amide bonds. The molecule has 0 fully saturated rings. The Morgan fingerprint density at radius 2 is 1.64 bits per heavy atom. The lowest BCUT2D eigenvalue weighted by Gasteiger charge is -2.20. The Bertz CT molecular complexity index is 458. The van der Waals surface area contributed by atoms with E-state index in [-0.39, 0.29) is 17.8 Å². The van der Waals surface area contributed by atoms with Crippen molar-refractivity contribution in [2.24, 2.45) is 11.5 Å². The van der Waals surface area contributed by atoms with Crippen LogP contribution in [0.25, 0.3) is 0 Å². The second-order valence-electron chi connectivity index (χ2n) is 6.39. The van der Waals surface area contributed by atoms with Gasteiger partial charge in [-0.05, 0) is 42.3 Å². The molecule has 22 heavy (non-hydrogen) atoms. The van der Waals surface area contributed by atoms with Crippen molar-refractivity contribution < 1.29 is 9.53 Å². The predicted octanol–water partition coefficient (Wildman–Crippen LogP) is 3.30. The molecule has 124 valence electrons. The molecular weight excluding hydrogens is 276 g/mol. The average molecular weight is 306 g/mol. The van der Waals surface area contributed by atoms with Crippen molar-refractivity contribution in [3.8, 4) is 5.75 Å². The lowest BCUT2D eigenvalue weighted by atomic mass is 9.94. The van der Waals surface area contributed by atoms with Crippen molar-refractivity contribution in [1.82, 2.24) is 0 Å². The van der Waals surface area contributed by atoms with Gasteiger partial charge in [-0.15, -0.1) is 0 Å². The van der Waals surface area contributed by atoms with E-state index in [0.717, 1.165) is 24.0 Å². The second kappa shape index (κ2) is 8.91. The number of hydrogen-bond donors (Lipinski definition) is 2. The number of unbranched alkanes of at least 4 members (excludes halogenated alkanes) is 1. The summed E-state index contributed by atoms with van der Waals surface area (Å²) in [6.07, 6.45) is 2.33. The van der Waals surface area contributed by atoms with E-state index in [9.17, 15) is 4.79 Å². The molecule has 1 aromatic rings. The summed E-state index contributed by atoms with van der Waals surface area (Å²) in [7, 11) is 0. The lowest BCUT2D eigenvalue weighted by molar-refractivity contribution is -0.136. The summed E-state index contributed by atoms with van der Waals surface area (Å²) in [5.41, 5.74) is 13.5. The van der Waals surface area contributed by atoms with Gasteiger partial charge < -0.3 is 16.2 Å². The number of para-hydroxylation sites is 1. The molecule has 1 atom stereocenters. The minimum absolute atomic E-state index is 0.287. The molecule has 4 N–H and O–H groups in total. The molecule has 0 aliphatic rings. The van der Waals surface area contributed by atoms with E-state index >= 15 is 0 Å². The average Bonchev–Trinajstić information content (AvgIpc) is 2.46. The quantitative estimate of drug-likeness (QED) is 0.439. The van der Waals surface area contributed by atoms with Crippen molar-refractivity contribution in [3.63, 3.8) is 0 Å². The van der Waals surface area contributed by atoms with E-state index in [1.54, 1.807) is 0 Å². The van der Waals surface area contributed by atoms with Crippen LogP contribution in [-0.2, 0) is 4.79 Å². The minimum Gasteiger partial charge on any atom is -0.425 e. The smallest absolute Gasteiger partial charge is 0.328 e. The van der Waals surface area contributed by atoms with E-state index in [4.69, 9.17) is 16.2 Å². The van der Waals surface area contributed by atoms with Crippen LogP contribution in [0.1, 0.15) is 69.9 Å². The van der Waals surface area contributed by atoms with Crippen LogP contribution in [0.3, 0.4) is 0 Å². The Hall–Kier alpha value is -1.39. The third-order valence-electron chi connectivity index (χ3n) is 3.79. The van der Waals surface area contributed by atoms with Gasteiger partial charge in [0.1, 0.15) is 11.8 Å². The maximum absolute atomic E-state index is 12.3. The summed E-state index contributed by atoms with van der Waals surface area (Å²) < 4.78 is 5.70. The molecular formula is C18H30N2O2. The minimum atomic E-state index is -0.591. The first-order valence-corrected chi connectivity index (χ1v) is 8.18. The summed E-state index contributed by atoms with van der Waals surface area (Å²) >= 11 is 0. The Morgan fingerprint density at radius 3 is 2.09 bits per heavy atom. The predicted molar refractivity (Wildman–Crippen MR) is 91.1 cm³/mol. The number of hydrogen-bond acceptors (Lipinski definition) is 4. The number of carbonyl (C=O) groups excluding carboxylic acids is 1. The largest absolute Gasteiger partial charge is 0.425 e. The van der Waals surface area contributed by atoms with E-state index in [1.165, 1.54) is 0 Å². The molecule has 0 bridgehead atoms. The van der Waals surface area contributed by atoms with Crippen molar-refractivity contribution in [3.05, 3.63) is 29.3 Å². The summed E-state index contributed by atoms with van der Waals surface area (Å²) in [5.74, 6) is 0.906. The number of nitrogens with two attached hydrogens (primary N) is 2. The Morgan fingerprint density at radius 1 is 1.09 bits per heavy atom. The van der Waals surface area contributed by atoms with Gasteiger partial charge in [-0.25, -0.2) is 4.79 Å². The lowest BCUT2D eigenvalue weighted by Crippen LogP contribution is -2.34. The molecule has 4 heteroatoms. The van der Waals surface area contributed by atoms with Gasteiger partial charge in [-0.1, -0.05) is 52.3 Å². The zero-order valence-corrected chi connectivity index (χ0v) is 14.3. The number of rotatable bonds is 8. The zero-order valence-electron chi connectivity index (χ0n) is 14.3. The molecule has 0 saturated carbocycles. The maximum Gasteiger partial charge on any atom is 0.328 e. The van der Waals surface area contributed by atoms with Gasteiger partial charge in [0, 0.05) is 0 Å². The third-order valence-corrected chi connectivity index (χ3v) is 3.79. The highest BCUT2D eigenvalue weighted by Crippen LogP contribution is 2.34. The summed E-state index contributed by atoms with van der Waals surface area (Å²) in [6, 6.07) is 5.45. The summed E-state index contributed by atoms with van der Waals surface area (Å²) in [4.78, 5) is 12.3. The van der Waals surface area contributed by atoms with Crippen LogP contribution in [-0.4, -0.2) is 18.6 Å². The van der Waals surface area contributed by atoms with Crippen molar-refractivity contribution in [2.75, 3.05) is 6.54 Å². The SMILES string of the molecule is CC(C)c1cccc(C(C)C)c1OC(=O)[C@@H](N)CCCCN. The maximum atomic E-state index is 12.3. The van der Waals surface area contributed by atoms with E-state index < -0.39 is 6.04 Å². The highest BCUT2D eigenvalue weighted by molar-refractivity contribution is 5.78. The molecule has 0 unspecified atom stereocenters. The van der Waals surface area contributed by atoms with Gasteiger partial charge in [-0.3, -0.25) is 0 Å². The number of ether oxygens (including phenoxy) is 1. The van der Waals surface area contributed by atoms with Crippen LogP contribution in [0.4, 0.5) is 0 Å². The molecule has 0 aliphatic heterocycles. The van der Waals surface area contributed by atoms with E-state index in [1.807, 2.05) is 18.2 Å². The van der Waals surface area contributed by atoms with Gasteiger partial charge in [0.05, 0.1) is 0 Å². The molecule has 0 aliphatic carbocycles. The van der Waals surface area contributed by atoms with Gasteiger partial charge in [0.2, 0.25) is 0 Å². The Balaban J connectivity index is 2.93. The molecule has 0 radical (unpaired) electrons. The molecule has 0 aromatic heterocycles. The third kappa shape index (κ3) is 5.11. The number of carbonyl (C=O) groups is 1. The molecule has 0 saturated heterocycles. The fourth-order valence-corrected chi connectivity index (χ4v) is 2.40. The van der Waals surface area contributed by atoms with Crippen LogP contribution in [0.2, 0.25) is 0 Å². The first-order chi connectivity index (χ1) is 10.4. The second-order valence-corrected chi connectivity index (χ2v) is 6.39. The van der Waals surface area contributed by atoms with E-state index in [2.05, 4.69) is 27.7 Å². The van der Waals surface area contributed by atoms with Crippen LogP contribution < -0.4 is 16.2 Å². The molecule has 0 heterocycles. The van der Waals surface area contributed by atoms with Crippen molar-refractivity contribution in [1.29, 1.82) is 0 Å². The van der Waals surface area contributed by atoms with Gasteiger partial charge in [0.25, 0.3) is 0 Å². The normalized spacial score (nSPS) is 12.7. The van der Waals surface area contributed by atoms with Crippen LogP contribution >= 0.6 is 0 Å². The van der Waals surface area contributed by atoms with Crippen LogP contribution in [0, 0.1) is 0 Å². The molecule has 1 rings (SSSR count). The topological polar surface area (TPSA) is 78.3 Å². The van der Waals surface area contributed by atoms with Gasteiger partial charge in [-0.2, -0.15) is 0 Å². The standard InChI is InChI=1S/C18H30N2O2/c1-12(2)14-8-7-9-15(13(3)4)17(14)22-18(21)16(20)10-5-6-11-19/h7-9,12-13,16H,5-6,10-11,19-20H2,1-4H3/t16-/m0/s1. The zero-order chi connectivity index (χ0) is 16.7. The van der Waals surface area contributed by atoms with Gasteiger partial charge in [0.15, 0.2) is 0 Å². The monoisotopic (exact) mass is 306 g/mol. The molecule has 0 spiro atoms. The first-order valence-electron chi connectivity index (χ1n) is 8.18. The summed E-state index contributed by atoms with van der Waals surface area (Å²) in [6.45, 7) is 9.00. The molecule has 1 aromatic carbocycles. The first kappa shape index (κ1) is 18.7. The number of esters is 1. The van der Waals surface area contributed by atoms with Crippen LogP contribution in [0.15, 0.2) is 18.2 Å². The fourth-order valence-electron chi connectivity index (χ4n) is 2.40.